The maximum Gasteiger partial charge on any atom is 0.418 e. The number of carbonyl (C=O) groups is 2. The van der Waals surface area contributed by atoms with Crippen molar-refractivity contribution in [2.45, 2.75) is 45.8 Å². The highest BCUT2D eigenvalue weighted by Crippen LogP contribution is 2.43. The molecule has 4 rings (SSSR count). The first-order chi connectivity index (χ1) is 14.0. The Morgan fingerprint density at radius 1 is 1.17 bits per heavy atom. The molecule has 0 radical (unpaired) electrons. The summed E-state index contributed by atoms with van der Waals surface area (Å²) in [5, 5.41) is 8.61. The Labute approximate surface area is 175 Å². The van der Waals surface area contributed by atoms with Crippen molar-refractivity contribution in [3.63, 3.8) is 0 Å². The molecule has 0 unspecified atom stereocenters. The first-order valence-electron chi connectivity index (χ1n) is 9.89. The predicted octanol–water partition coefficient (Wildman–Crippen LogP) is 4.94. The van der Waals surface area contributed by atoms with Gasteiger partial charge in [-0.05, 0) is 64.4 Å². The number of carbonyl (C=O) groups excluding carboxylic acids is 2. The highest BCUT2D eigenvalue weighted by molar-refractivity contribution is 6.11. The number of aromatic nitrogens is 2. The molecule has 2 amide bonds. The van der Waals surface area contributed by atoms with Crippen LogP contribution in [0.5, 0.6) is 0 Å². The second-order valence-electron chi connectivity index (χ2n) is 9.07. The highest BCUT2D eigenvalue weighted by atomic mass is 16.6. The Morgan fingerprint density at radius 3 is 2.60 bits per heavy atom. The van der Waals surface area contributed by atoms with Crippen molar-refractivity contribution < 1.29 is 14.3 Å². The van der Waals surface area contributed by atoms with Crippen molar-refractivity contribution in [1.82, 2.24) is 14.7 Å². The molecular formula is C23H26N4O3. The molecule has 3 aromatic rings. The van der Waals surface area contributed by atoms with E-state index < -0.39 is 17.2 Å². The minimum atomic E-state index is -0.820. The summed E-state index contributed by atoms with van der Waals surface area (Å²) in [6.07, 6.45) is 1.16. The molecular weight excluding hydrogens is 380 g/mol. The van der Waals surface area contributed by atoms with Gasteiger partial charge in [0.1, 0.15) is 5.60 Å². The average Bonchev–Trinajstić information content (AvgIpc) is 3.09. The Bertz CT molecular complexity index is 1170. The molecule has 0 saturated carbocycles. The van der Waals surface area contributed by atoms with Gasteiger partial charge in [-0.15, -0.1) is 0 Å². The third-order valence-corrected chi connectivity index (χ3v) is 5.30. The molecule has 1 aromatic heterocycles. The minimum Gasteiger partial charge on any atom is -0.443 e. The lowest BCUT2D eigenvalue weighted by atomic mass is 9.93. The number of nitrogens with zero attached hydrogens (tertiary/aromatic N) is 3. The quantitative estimate of drug-likeness (QED) is 0.652. The van der Waals surface area contributed by atoms with Crippen LogP contribution in [0.3, 0.4) is 0 Å². The van der Waals surface area contributed by atoms with Crippen LogP contribution in [0.25, 0.3) is 10.9 Å². The first-order valence-corrected chi connectivity index (χ1v) is 9.89. The van der Waals surface area contributed by atoms with Crippen molar-refractivity contribution in [3.8, 4) is 0 Å². The SMILES string of the molecule is Cn1ncc2cc(Nc3cccc4c3C(=O)N(C(=O)OC(C)(C)C)C4(C)C)ccc21. The van der Waals surface area contributed by atoms with Gasteiger partial charge >= 0.3 is 6.09 Å². The fraction of sp³-hybridized carbons (Fsp3) is 0.348. The molecule has 30 heavy (non-hydrogen) atoms. The maximum atomic E-state index is 13.3. The summed E-state index contributed by atoms with van der Waals surface area (Å²) in [4.78, 5) is 27.4. The zero-order chi connectivity index (χ0) is 21.8. The van der Waals surface area contributed by atoms with Gasteiger partial charge in [-0.2, -0.15) is 5.10 Å². The van der Waals surface area contributed by atoms with Crippen molar-refractivity contribution >= 4 is 34.3 Å². The molecule has 0 spiro atoms. The maximum absolute atomic E-state index is 13.3. The van der Waals surface area contributed by atoms with Gasteiger partial charge in [0.05, 0.1) is 28.5 Å². The number of nitrogens with one attached hydrogen (secondary N) is 1. The molecule has 0 aliphatic carbocycles. The van der Waals surface area contributed by atoms with Gasteiger partial charge in [-0.1, -0.05) is 12.1 Å². The number of amides is 2. The van der Waals surface area contributed by atoms with Gasteiger partial charge in [0.15, 0.2) is 0 Å². The normalized spacial score (nSPS) is 15.4. The number of benzene rings is 2. The zero-order valence-corrected chi connectivity index (χ0v) is 18.1. The number of aryl methyl sites for hydroxylation is 1. The van der Waals surface area contributed by atoms with Crippen LogP contribution in [0, 0.1) is 0 Å². The Balaban J connectivity index is 1.72. The molecule has 2 aromatic carbocycles. The Hall–Kier alpha value is -3.35. The highest BCUT2D eigenvalue weighted by Gasteiger charge is 2.49. The van der Waals surface area contributed by atoms with Gasteiger partial charge in [0.25, 0.3) is 5.91 Å². The molecule has 0 saturated heterocycles. The van der Waals surface area contributed by atoms with Gasteiger partial charge < -0.3 is 10.1 Å². The largest absolute Gasteiger partial charge is 0.443 e. The summed E-state index contributed by atoms with van der Waals surface area (Å²) in [6, 6.07) is 11.5. The minimum absolute atomic E-state index is 0.366. The van der Waals surface area contributed by atoms with Crippen LogP contribution in [0.4, 0.5) is 16.2 Å². The topological polar surface area (TPSA) is 76.5 Å². The van der Waals surface area contributed by atoms with E-state index in [0.717, 1.165) is 22.2 Å². The molecule has 0 fully saturated rings. The number of anilines is 2. The van der Waals surface area contributed by atoms with Crippen molar-refractivity contribution in [3.05, 3.63) is 53.7 Å². The third-order valence-electron chi connectivity index (χ3n) is 5.30. The Kier molecular flexibility index (Phi) is 4.38. The Morgan fingerprint density at radius 2 is 1.90 bits per heavy atom. The van der Waals surface area contributed by atoms with Gasteiger partial charge in [0.2, 0.25) is 0 Å². The smallest absolute Gasteiger partial charge is 0.418 e. The second-order valence-corrected chi connectivity index (χ2v) is 9.07. The molecule has 156 valence electrons. The summed E-state index contributed by atoms with van der Waals surface area (Å²) < 4.78 is 7.31. The number of hydrogen-bond acceptors (Lipinski definition) is 5. The molecule has 1 N–H and O–H groups in total. The summed E-state index contributed by atoms with van der Waals surface area (Å²) in [5.74, 6) is -0.366. The van der Waals surface area contributed by atoms with Gasteiger partial charge in [-0.3, -0.25) is 9.48 Å². The monoisotopic (exact) mass is 406 g/mol. The molecule has 0 bridgehead atoms. The fourth-order valence-electron chi connectivity index (χ4n) is 3.90. The average molecular weight is 406 g/mol. The standard InChI is InChI=1S/C23H26N4O3/c1-22(2,3)30-21(29)27-20(28)19-16(23(27,4)5)8-7-9-17(19)25-15-10-11-18-14(12-15)13-24-26(18)6/h7-13,25H,1-6H3. The number of rotatable bonds is 2. The predicted molar refractivity (Wildman–Crippen MR) is 116 cm³/mol. The molecule has 7 heteroatoms. The summed E-state index contributed by atoms with van der Waals surface area (Å²) >= 11 is 0. The van der Waals surface area contributed by atoms with E-state index in [9.17, 15) is 9.59 Å². The lowest BCUT2D eigenvalue weighted by Gasteiger charge is -2.32. The van der Waals surface area contributed by atoms with Gasteiger partial charge in [-0.25, -0.2) is 9.69 Å². The van der Waals surface area contributed by atoms with Gasteiger partial charge in [0, 0.05) is 18.1 Å². The van der Waals surface area contributed by atoms with E-state index in [-0.39, 0.29) is 5.91 Å². The number of hydrogen-bond donors (Lipinski definition) is 1. The van der Waals surface area contributed by atoms with Crippen molar-refractivity contribution in [2.24, 2.45) is 7.05 Å². The van der Waals surface area contributed by atoms with E-state index in [1.165, 1.54) is 4.90 Å². The van der Waals surface area contributed by atoms with Crippen molar-refractivity contribution in [2.75, 3.05) is 5.32 Å². The van der Waals surface area contributed by atoms with Crippen LogP contribution >= 0.6 is 0 Å². The van der Waals surface area contributed by atoms with Crippen LogP contribution in [-0.4, -0.2) is 32.3 Å². The molecule has 1 aliphatic heterocycles. The fourth-order valence-corrected chi connectivity index (χ4v) is 3.90. The lowest BCUT2D eigenvalue weighted by Crippen LogP contribution is -2.46. The zero-order valence-electron chi connectivity index (χ0n) is 18.1. The molecule has 1 aliphatic rings. The summed E-state index contributed by atoms with van der Waals surface area (Å²) in [5.41, 5.74) is 2.27. The van der Waals surface area contributed by atoms with Crippen LogP contribution < -0.4 is 5.32 Å². The van der Waals surface area contributed by atoms with E-state index in [1.54, 1.807) is 27.0 Å². The van der Waals surface area contributed by atoms with E-state index in [0.29, 0.717) is 11.3 Å². The molecule has 0 atom stereocenters. The van der Waals surface area contributed by atoms with E-state index in [1.807, 2.05) is 62.0 Å². The number of fused-ring (bicyclic) bond motifs is 2. The number of ether oxygens (including phenoxy) is 1. The van der Waals surface area contributed by atoms with E-state index in [2.05, 4.69) is 10.4 Å². The van der Waals surface area contributed by atoms with E-state index >= 15 is 0 Å². The van der Waals surface area contributed by atoms with Crippen LogP contribution in [0.1, 0.15) is 50.5 Å². The van der Waals surface area contributed by atoms with E-state index in [4.69, 9.17) is 4.74 Å². The van der Waals surface area contributed by atoms with Crippen LogP contribution in [0.15, 0.2) is 42.6 Å². The third kappa shape index (κ3) is 3.20. The molecule has 7 nitrogen and oxygen atoms in total. The summed E-state index contributed by atoms with van der Waals surface area (Å²) in [6.45, 7) is 9.06. The van der Waals surface area contributed by atoms with Crippen molar-refractivity contribution in [1.29, 1.82) is 0 Å². The molecule has 2 heterocycles. The van der Waals surface area contributed by atoms with Crippen LogP contribution in [0.2, 0.25) is 0 Å². The lowest BCUT2D eigenvalue weighted by molar-refractivity contribution is 0.00939. The second kappa shape index (κ2) is 6.58. The first kappa shape index (κ1) is 19.9. The summed E-state index contributed by atoms with van der Waals surface area (Å²) in [7, 11) is 1.89. The number of imide groups is 1. The van der Waals surface area contributed by atoms with Crippen LogP contribution in [-0.2, 0) is 17.3 Å².